The Kier molecular flexibility index (Phi) is 2.53. The predicted molar refractivity (Wildman–Crippen MR) is 62.5 cm³/mol. The lowest BCUT2D eigenvalue weighted by Crippen LogP contribution is -2.32. The van der Waals surface area contributed by atoms with Gasteiger partial charge in [-0.1, -0.05) is 6.08 Å². The second-order valence-corrected chi connectivity index (χ2v) is 4.37. The van der Waals surface area contributed by atoms with E-state index in [0.717, 1.165) is 29.7 Å². The summed E-state index contributed by atoms with van der Waals surface area (Å²) in [5.74, 6) is 0.760. The van der Waals surface area contributed by atoms with E-state index in [2.05, 4.69) is 0 Å². The molecule has 1 aromatic carbocycles. The Bertz CT molecular complexity index is 470. The quantitative estimate of drug-likeness (QED) is 0.341. The van der Waals surface area contributed by atoms with Gasteiger partial charge < -0.3 is 20.2 Å². The van der Waals surface area contributed by atoms with Gasteiger partial charge in [-0.15, -0.1) is 0 Å². The van der Waals surface area contributed by atoms with Gasteiger partial charge in [-0.3, -0.25) is 0 Å². The van der Waals surface area contributed by atoms with E-state index in [1.54, 1.807) is 0 Å². The summed E-state index contributed by atoms with van der Waals surface area (Å²) < 4.78 is 7.48. The topological polar surface area (TPSA) is 61.0 Å². The molecular weight excluding hydrogens is 218 g/mol. The molecule has 0 fully saturated rings. The van der Waals surface area contributed by atoms with Crippen molar-refractivity contribution in [1.29, 1.82) is 0 Å². The number of nitrogens with two attached hydrogens (primary N) is 1. The molecule has 2 heterocycles. The summed E-state index contributed by atoms with van der Waals surface area (Å²) in [6.45, 7) is 1.12. The lowest BCUT2D eigenvalue weighted by molar-refractivity contribution is -0.808. The van der Waals surface area contributed by atoms with Crippen molar-refractivity contribution in [1.82, 2.24) is 0 Å². The van der Waals surface area contributed by atoms with Crippen LogP contribution in [0.1, 0.15) is 23.7 Å². The van der Waals surface area contributed by atoms with Gasteiger partial charge in [-0.2, -0.15) is 0 Å². The van der Waals surface area contributed by atoms with Gasteiger partial charge >= 0.3 is 0 Å². The Morgan fingerprint density at radius 1 is 1.41 bits per heavy atom. The van der Waals surface area contributed by atoms with E-state index >= 15 is 0 Å². The highest BCUT2D eigenvalue weighted by atomic mass is 17.2. The highest BCUT2D eigenvalue weighted by Crippen LogP contribution is 2.39. The number of ether oxygens (including phenoxy) is 1. The molecular formula is C13H15NO3. The van der Waals surface area contributed by atoms with Crippen LogP contribution in [0, 0.1) is 0 Å². The van der Waals surface area contributed by atoms with Gasteiger partial charge in [0.2, 0.25) is 6.10 Å². The molecule has 0 aromatic heterocycles. The maximum absolute atomic E-state index is 11.8. The van der Waals surface area contributed by atoms with Crippen LogP contribution >= 0.6 is 0 Å². The van der Waals surface area contributed by atoms with E-state index in [1.807, 2.05) is 28.8 Å². The molecule has 0 radical (unpaired) electrons. The van der Waals surface area contributed by atoms with E-state index in [4.69, 9.17) is 10.5 Å². The van der Waals surface area contributed by atoms with Crippen molar-refractivity contribution in [3.8, 4) is 5.75 Å². The third kappa shape index (κ3) is 1.69. The first kappa shape index (κ1) is 10.6. The van der Waals surface area contributed by atoms with E-state index in [9.17, 15) is 5.26 Å². The number of hydrogen-bond donors (Lipinski definition) is 1. The molecule has 0 bridgehead atoms. The fraction of sp³-hybridized carbons (Fsp3) is 0.385. The average Bonchev–Trinajstić information content (AvgIpc) is 2.81. The zero-order valence-corrected chi connectivity index (χ0v) is 9.52. The molecule has 1 atom stereocenters. The summed E-state index contributed by atoms with van der Waals surface area (Å²) in [7, 11) is 0. The van der Waals surface area contributed by atoms with Crippen molar-refractivity contribution < 1.29 is 14.5 Å². The Balaban J connectivity index is 2.06. The third-order valence-corrected chi connectivity index (χ3v) is 3.31. The number of rotatable bonds is 1. The molecule has 17 heavy (non-hydrogen) atoms. The van der Waals surface area contributed by atoms with Gasteiger partial charge in [0, 0.05) is 24.0 Å². The molecule has 0 saturated carbocycles. The standard InChI is InChI=1S/C13H15NO3/c14-11-5-4-9(10-6-7-16-13(10)11)12-3-1-2-8-17(12)15/h1,3-5,12H,2,6-8,14H2. The second-order valence-electron chi connectivity index (χ2n) is 4.37. The zero-order valence-electron chi connectivity index (χ0n) is 9.52. The monoisotopic (exact) mass is 233 g/mol. The van der Waals surface area contributed by atoms with Crippen molar-refractivity contribution in [2.45, 2.75) is 18.9 Å². The molecule has 4 heteroatoms. The van der Waals surface area contributed by atoms with Crippen LogP contribution in [0.5, 0.6) is 5.75 Å². The van der Waals surface area contributed by atoms with Gasteiger partial charge in [0.05, 0.1) is 12.3 Å². The first-order valence-electron chi connectivity index (χ1n) is 5.85. The summed E-state index contributed by atoms with van der Waals surface area (Å²) >= 11 is 0. The number of benzene rings is 1. The highest BCUT2D eigenvalue weighted by molar-refractivity contribution is 5.61. The summed E-state index contributed by atoms with van der Waals surface area (Å²) in [6, 6.07) is 3.75. The summed E-state index contributed by atoms with van der Waals surface area (Å²) in [4.78, 5) is 0. The lowest BCUT2D eigenvalue weighted by Gasteiger charge is -2.31. The summed E-state index contributed by atoms with van der Waals surface area (Å²) in [5, 5.41) is 11.8. The molecule has 1 unspecified atom stereocenters. The Hall–Kier alpha value is -1.52. The maximum Gasteiger partial charge on any atom is 0.207 e. The van der Waals surface area contributed by atoms with E-state index < -0.39 is 0 Å². The van der Waals surface area contributed by atoms with E-state index in [1.165, 1.54) is 0 Å². The van der Waals surface area contributed by atoms with Crippen molar-refractivity contribution >= 4 is 5.69 Å². The SMILES string of the molecule is Nc1ccc(C2C=CCC[O+]2[O-])c2c1OCC2. The van der Waals surface area contributed by atoms with Crippen LogP contribution in [0.3, 0.4) is 0 Å². The van der Waals surface area contributed by atoms with Crippen LogP contribution in [-0.4, -0.2) is 13.2 Å². The van der Waals surface area contributed by atoms with E-state index in [0.29, 0.717) is 18.9 Å². The minimum atomic E-state index is -0.264. The molecule has 2 aliphatic heterocycles. The van der Waals surface area contributed by atoms with Gasteiger partial charge in [-0.25, -0.2) is 0 Å². The highest BCUT2D eigenvalue weighted by Gasteiger charge is 2.28. The van der Waals surface area contributed by atoms with Crippen molar-refractivity contribution in [3.63, 3.8) is 0 Å². The molecule has 0 amide bonds. The molecule has 2 N–H and O–H groups in total. The van der Waals surface area contributed by atoms with Gasteiger partial charge in [0.1, 0.15) is 5.75 Å². The second kappa shape index (κ2) is 4.05. The molecule has 2 aliphatic rings. The molecule has 0 saturated heterocycles. The fourth-order valence-corrected chi connectivity index (χ4v) is 2.48. The lowest BCUT2D eigenvalue weighted by atomic mass is 9.98. The molecule has 4 nitrogen and oxygen atoms in total. The van der Waals surface area contributed by atoms with Crippen LogP contribution in [0.4, 0.5) is 5.69 Å². The Morgan fingerprint density at radius 3 is 3.12 bits per heavy atom. The van der Waals surface area contributed by atoms with Gasteiger partial charge in [-0.05, 0) is 18.2 Å². The van der Waals surface area contributed by atoms with Crippen LogP contribution in [0.25, 0.3) is 0 Å². The van der Waals surface area contributed by atoms with Gasteiger partial charge in [0.25, 0.3) is 0 Å². The first-order chi connectivity index (χ1) is 8.27. The largest absolute Gasteiger partial charge is 0.533 e. The van der Waals surface area contributed by atoms with Crippen LogP contribution in [-0.2, 0) is 10.9 Å². The first-order valence-corrected chi connectivity index (χ1v) is 5.85. The molecule has 0 aliphatic carbocycles. The van der Waals surface area contributed by atoms with Crippen molar-refractivity contribution in [2.24, 2.45) is 0 Å². The normalized spacial score (nSPS) is 23.5. The fourth-order valence-electron chi connectivity index (χ4n) is 2.48. The molecule has 0 spiro atoms. The average molecular weight is 233 g/mol. The number of nitrogen functional groups attached to an aromatic ring is 1. The molecule has 90 valence electrons. The maximum atomic E-state index is 11.8. The smallest absolute Gasteiger partial charge is 0.207 e. The Morgan fingerprint density at radius 2 is 2.29 bits per heavy atom. The van der Waals surface area contributed by atoms with Crippen molar-refractivity contribution in [2.75, 3.05) is 18.9 Å². The van der Waals surface area contributed by atoms with Crippen LogP contribution in [0.2, 0.25) is 0 Å². The van der Waals surface area contributed by atoms with E-state index in [-0.39, 0.29) is 6.10 Å². The third-order valence-electron chi connectivity index (χ3n) is 3.31. The molecule has 1 aromatic rings. The molecule has 3 rings (SSSR count). The van der Waals surface area contributed by atoms with Crippen molar-refractivity contribution in [3.05, 3.63) is 35.4 Å². The predicted octanol–water partition coefficient (Wildman–Crippen LogP) is 1.03. The van der Waals surface area contributed by atoms with Crippen LogP contribution < -0.4 is 15.7 Å². The minimum Gasteiger partial charge on any atom is -0.533 e. The van der Waals surface area contributed by atoms with Crippen LogP contribution in [0.15, 0.2) is 24.3 Å². The van der Waals surface area contributed by atoms with Gasteiger partial charge in [0.15, 0.2) is 6.61 Å². The Labute approximate surface area is 99.9 Å². The minimum absolute atomic E-state index is 0.264. The zero-order chi connectivity index (χ0) is 11.8. The number of hydrogen-bond acceptors (Lipinski definition) is 3. The summed E-state index contributed by atoms with van der Waals surface area (Å²) in [5.41, 5.74) is 8.60. The number of fused-ring (bicyclic) bond motifs is 1. The number of anilines is 1. The summed E-state index contributed by atoms with van der Waals surface area (Å²) in [6.07, 6.45) is 5.34.